The van der Waals surface area contributed by atoms with Crippen LogP contribution in [0.5, 0.6) is 0 Å². The van der Waals surface area contributed by atoms with Crippen molar-refractivity contribution < 1.29 is 4.79 Å². The summed E-state index contributed by atoms with van der Waals surface area (Å²) < 4.78 is 0. The van der Waals surface area contributed by atoms with Gasteiger partial charge in [-0.25, -0.2) is 0 Å². The Kier molecular flexibility index (Phi) is 8.21. The molecule has 3 rings (SSSR count). The zero-order chi connectivity index (χ0) is 18.5. The van der Waals surface area contributed by atoms with Crippen molar-refractivity contribution in [1.29, 1.82) is 0 Å². The third kappa shape index (κ3) is 5.74. The number of carbonyl (C=O) groups is 1. The smallest absolute Gasteiger partial charge is 0.253 e. The van der Waals surface area contributed by atoms with Gasteiger partial charge in [-0.2, -0.15) is 0 Å². The highest BCUT2D eigenvalue weighted by Gasteiger charge is 2.22. The summed E-state index contributed by atoms with van der Waals surface area (Å²) in [6, 6.07) is 15.2. The molecule has 0 saturated carbocycles. The van der Waals surface area contributed by atoms with Crippen molar-refractivity contribution in [2.24, 2.45) is 0 Å². The fraction of sp³-hybridized carbons (Fsp3) is 0.409. The predicted molar refractivity (Wildman–Crippen MR) is 117 cm³/mol. The number of benzene rings is 2. The number of hydrogen-bond acceptors (Lipinski definition) is 3. The fourth-order valence-corrected chi connectivity index (χ4v) is 4.42. The van der Waals surface area contributed by atoms with E-state index in [1.165, 1.54) is 21.6 Å². The summed E-state index contributed by atoms with van der Waals surface area (Å²) >= 11 is 1.83. The van der Waals surface area contributed by atoms with Crippen molar-refractivity contribution in [3.8, 4) is 0 Å². The maximum Gasteiger partial charge on any atom is 0.253 e. The number of amides is 1. The van der Waals surface area contributed by atoms with Crippen LogP contribution >= 0.6 is 24.2 Å². The molecule has 0 radical (unpaired) electrons. The minimum absolute atomic E-state index is 0. The average molecular weight is 405 g/mol. The van der Waals surface area contributed by atoms with Crippen molar-refractivity contribution >= 4 is 30.1 Å². The van der Waals surface area contributed by atoms with Gasteiger partial charge in [0.15, 0.2) is 0 Å². The first-order chi connectivity index (χ1) is 12.6. The van der Waals surface area contributed by atoms with Crippen LogP contribution in [-0.2, 0) is 5.75 Å². The first-order valence-electron chi connectivity index (χ1n) is 9.32. The van der Waals surface area contributed by atoms with Crippen LogP contribution in [0.4, 0.5) is 0 Å². The number of piperidine rings is 1. The van der Waals surface area contributed by atoms with Crippen molar-refractivity contribution in [1.82, 2.24) is 10.2 Å². The van der Waals surface area contributed by atoms with Crippen molar-refractivity contribution in [2.75, 3.05) is 20.1 Å². The van der Waals surface area contributed by atoms with E-state index < -0.39 is 0 Å². The summed E-state index contributed by atoms with van der Waals surface area (Å²) in [7, 11) is 2.00. The van der Waals surface area contributed by atoms with Crippen LogP contribution in [0.3, 0.4) is 0 Å². The number of rotatable bonds is 5. The SMILES string of the molecule is CNC1CCN(C(=O)c2cccc(CSc3ccc(C)cc3C)c2)CC1.Cl. The lowest BCUT2D eigenvalue weighted by Crippen LogP contribution is -2.43. The van der Waals surface area contributed by atoms with E-state index in [0.29, 0.717) is 6.04 Å². The minimum atomic E-state index is 0. The molecule has 1 aliphatic rings. The van der Waals surface area contributed by atoms with E-state index in [0.717, 1.165) is 37.2 Å². The van der Waals surface area contributed by atoms with E-state index in [4.69, 9.17) is 0 Å². The topological polar surface area (TPSA) is 32.3 Å². The van der Waals surface area contributed by atoms with Gasteiger partial charge in [0, 0.05) is 35.3 Å². The van der Waals surface area contributed by atoms with Crippen LogP contribution in [0.2, 0.25) is 0 Å². The van der Waals surface area contributed by atoms with Gasteiger partial charge in [0.25, 0.3) is 5.91 Å². The molecule has 2 aromatic carbocycles. The Morgan fingerprint density at radius 2 is 1.89 bits per heavy atom. The molecular formula is C22H29ClN2OS. The molecule has 0 bridgehead atoms. The number of thioether (sulfide) groups is 1. The minimum Gasteiger partial charge on any atom is -0.339 e. The average Bonchev–Trinajstić information content (AvgIpc) is 2.67. The molecule has 0 spiro atoms. The van der Waals surface area contributed by atoms with E-state index >= 15 is 0 Å². The molecule has 1 saturated heterocycles. The summed E-state index contributed by atoms with van der Waals surface area (Å²) in [5.74, 6) is 1.05. The third-order valence-electron chi connectivity index (χ3n) is 5.09. The lowest BCUT2D eigenvalue weighted by Gasteiger charge is -2.32. The molecule has 2 aromatic rings. The van der Waals surface area contributed by atoms with Gasteiger partial charge in [0.1, 0.15) is 0 Å². The van der Waals surface area contributed by atoms with Crippen molar-refractivity contribution in [3.05, 3.63) is 64.7 Å². The Hall–Kier alpha value is -1.49. The van der Waals surface area contributed by atoms with Crippen LogP contribution in [0.25, 0.3) is 0 Å². The second-order valence-corrected chi connectivity index (χ2v) is 8.13. The Morgan fingerprint density at radius 1 is 1.15 bits per heavy atom. The molecule has 1 fully saturated rings. The molecular weight excluding hydrogens is 376 g/mol. The molecule has 5 heteroatoms. The van der Waals surface area contributed by atoms with E-state index in [9.17, 15) is 4.79 Å². The van der Waals surface area contributed by atoms with Gasteiger partial charge in [-0.15, -0.1) is 24.2 Å². The molecule has 0 aromatic heterocycles. The normalized spacial score (nSPS) is 14.7. The van der Waals surface area contributed by atoms with E-state index in [-0.39, 0.29) is 18.3 Å². The third-order valence-corrected chi connectivity index (χ3v) is 6.34. The largest absolute Gasteiger partial charge is 0.339 e. The number of likely N-dealkylation sites (tertiary alicyclic amines) is 1. The summed E-state index contributed by atoms with van der Waals surface area (Å²) in [6.45, 7) is 5.96. The molecule has 1 heterocycles. The summed E-state index contributed by atoms with van der Waals surface area (Å²) in [5.41, 5.74) is 4.62. The zero-order valence-corrected chi connectivity index (χ0v) is 18.0. The lowest BCUT2D eigenvalue weighted by molar-refractivity contribution is 0.0707. The summed E-state index contributed by atoms with van der Waals surface area (Å²) in [4.78, 5) is 16.1. The Bertz CT molecular complexity index is 773. The quantitative estimate of drug-likeness (QED) is 0.723. The molecule has 0 aliphatic carbocycles. The van der Waals surface area contributed by atoms with E-state index in [2.05, 4.69) is 49.5 Å². The van der Waals surface area contributed by atoms with Gasteiger partial charge in [0.2, 0.25) is 0 Å². The number of aryl methyl sites for hydroxylation is 2. The van der Waals surface area contributed by atoms with Gasteiger partial charge in [-0.05, 0) is 63.1 Å². The van der Waals surface area contributed by atoms with Crippen LogP contribution in [0.15, 0.2) is 47.4 Å². The predicted octanol–water partition coefficient (Wildman–Crippen LogP) is 4.84. The first-order valence-corrected chi connectivity index (χ1v) is 10.3. The molecule has 1 N–H and O–H groups in total. The fourth-order valence-electron chi connectivity index (χ4n) is 3.47. The molecule has 27 heavy (non-hydrogen) atoms. The van der Waals surface area contributed by atoms with E-state index in [1.807, 2.05) is 35.8 Å². The van der Waals surface area contributed by atoms with Crippen molar-refractivity contribution in [2.45, 2.75) is 43.4 Å². The number of nitrogens with one attached hydrogen (secondary N) is 1. The van der Waals surface area contributed by atoms with Gasteiger partial charge < -0.3 is 10.2 Å². The molecule has 3 nitrogen and oxygen atoms in total. The van der Waals surface area contributed by atoms with Crippen LogP contribution in [0.1, 0.15) is 39.9 Å². The Balaban J connectivity index is 0.00000261. The molecule has 146 valence electrons. The van der Waals surface area contributed by atoms with Gasteiger partial charge >= 0.3 is 0 Å². The van der Waals surface area contributed by atoms with Crippen LogP contribution in [-0.4, -0.2) is 37.0 Å². The van der Waals surface area contributed by atoms with Gasteiger partial charge in [0.05, 0.1) is 0 Å². The highest BCUT2D eigenvalue weighted by atomic mass is 35.5. The molecule has 1 aliphatic heterocycles. The maximum absolute atomic E-state index is 12.8. The Labute approximate surface area is 173 Å². The second kappa shape index (κ2) is 10.2. The number of carbonyl (C=O) groups excluding carboxylic acids is 1. The van der Waals surface area contributed by atoms with Crippen LogP contribution < -0.4 is 5.32 Å². The van der Waals surface area contributed by atoms with Crippen LogP contribution in [0, 0.1) is 13.8 Å². The number of halogens is 1. The van der Waals surface area contributed by atoms with Gasteiger partial charge in [-0.1, -0.05) is 29.8 Å². The summed E-state index contributed by atoms with van der Waals surface area (Å²) in [6.07, 6.45) is 2.06. The molecule has 0 atom stereocenters. The zero-order valence-electron chi connectivity index (χ0n) is 16.3. The van der Waals surface area contributed by atoms with Crippen molar-refractivity contribution in [3.63, 3.8) is 0 Å². The first kappa shape index (κ1) is 21.8. The van der Waals surface area contributed by atoms with Gasteiger partial charge in [-0.3, -0.25) is 4.79 Å². The molecule has 1 amide bonds. The number of hydrogen-bond donors (Lipinski definition) is 1. The molecule has 0 unspecified atom stereocenters. The lowest BCUT2D eigenvalue weighted by atomic mass is 10.0. The standard InChI is InChI=1S/C22H28N2OS.ClH/c1-16-7-8-21(17(2)13-16)26-15-18-5-4-6-19(14-18)22(25)24-11-9-20(23-3)10-12-24;/h4-8,13-14,20,23H,9-12,15H2,1-3H3;1H. The Morgan fingerprint density at radius 3 is 2.56 bits per heavy atom. The maximum atomic E-state index is 12.8. The highest BCUT2D eigenvalue weighted by molar-refractivity contribution is 7.98. The summed E-state index contributed by atoms with van der Waals surface area (Å²) in [5, 5.41) is 3.31. The second-order valence-electron chi connectivity index (χ2n) is 7.11. The monoisotopic (exact) mass is 404 g/mol. The highest BCUT2D eigenvalue weighted by Crippen LogP contribution is 2.27. The number of nitrogens with zero attached hydrogens (tertiary/aromatic N) is 1. The van der Waals surface area contributed by atoms with E-state index in [1.54, 1.807) is 0 Å².